The van der Waals surface area contributed by atoms with Gasteiger partial charge in [0.1, 0.15) is 17.7 Å². The molecule has 0 radical (unpaired) electrons. The Bertz CT molecular complexity index is 1140. The number of aryl methyl sites for hydroxylation is 3. The van der Waals surface area contributed by atoms with Crippen molar-refractivity contribution in [1.82, 2.24) is 10.2 Å². The van der Waals surface area contributed by atoms with Gasteiger partial charge in [-0.3, -0.25) is 9.59 Å². The highest BCUT2D eigenvalue weighted by molar-refractivity contribution is 7.80. The summed E-state index contributed by atoms with van der Waals surface area (Å²) < 4.78 is 5.39. The summed E-state index contributed by atoms with van der Waals surface area (Å²) in [5, 5.41) is 5.78. The van der Waals surface area contributed by atoms with Crippen LogP contribution in [-0.4, -0.2) is 46.2 Å². The third-order valence-corrected chi connectivity index (χ3v) is 7.18. The monoisotopic (exact) mass is 539 g/mol. The summed E-state index contributed by atoms with van der Waals surface area (Å²) in [5.41, 5.74) is 3.76. The first kappa shape index (κ1) is 29.6. The highest BCUT2D eigenvalue weighted by atomic mass is 32.1. The predicted molar refractivity (Wildman–Crippen MR) is 155 cm³/mol. The van der Waals surface area contributed by atoms with Gasteiger partial charge in [0.05, 0.1) is 0 Å². The van der Waals surface area contributed by atoms with Crippen molar-refractivity contribution >= 4 is 36.2 Å². The molecule has 4 unspecified atom stereocenters. The normalized spacial score (nSPS) is 18.2. The molecule has 206 valence electrons. The lowest BCUT2D eigenvalue weighted by atomic mass is 9.99. The molecule has 2 aromatic carbocycles. The predicted octanol–water partition coefficient (Wildman–Crippen LogP) is 5.61. The van der Waals surface area contributed by atoms with Crippen LogP contribution < -0.4 is 10.6 Å². The molecule has 0 spiro atoms. The number of carbonyl (C=O) groups excluding carboxylic acids is 3. The summed E-state index contributed by atoms with van der Waals surface area (Å²) in [5.74, 6) is -0.363. The molecule has 8 heteroatoms. The lowest BCUT2D eigenvalue weighted by molar-refractivity contribution is -0.141. The summed E-state index contributed by atoms with van der Waals surface area (Å²) in [7, 11) is 0. The standard InChI is InChI=1S/C30H41N3O4S/c1-8-21-12-14-22(15-13-21)26(27(34)32-25-18(2)10-9-11-19(25)3)33(24-16-20(24)4)28(35)23(17-38)31-29(36)37-30(5,6)7/h9-15,20,23-24,26,38H,8,16-17H2,1-7H3,(H,31,36)(H,32,34). The molecule has 0 heterocycles. The van der Waals surface area contributed by atoms with Crippen molar-refractivity contribution in [3.63, 3.8) is 0 Å². The summed E-state index contributed by atoms with van der Waals surface area (Å²) >= 11 is 4.37. The molecule has 1 aliphatic rings. The number of rotatable bonds is 9. The average molecular weight is 540 g/mol. The lowest BCUT2D eigenvalue weighted by Gasteiger charge is -2.35. The summed E-state index contributed by atoms with van der Waals surface area (Å²) in [6.07, 6.45) is 0.943. The van der Waals surface area contributed by atoms with Crippen LogP contribution in [0.4, 0.5) is 10.5 Å². The van der Waals surface area contributed by atoms with E-state index in [4.69, 9.17) is 4.74 Å². The highest BCUT2D eigenvalue weighted by Crippen LogP contribution is 2.41. The molecular weight excluding hydrogens is 498 g/mol. The Labute approximate surface area is 232 Å². The molecule has 1 aliphatic carbocycles. The average Bonchev–Trinajstić information content (AvgIpc) is 3.57. The quantitative estimate of drug-likeness (QED) is 0.362. The van der Waals surface area contributed by atoms with E-state index in [-0.39, 0.29) is 29.5 Å². The molecule has 0 aromatic heterocycles. The Kier molecular flexibility index (Phi) is 9.52. The molecule has 0 bridgehead atoms. The van der Waals surface area contributed by atoms with Gasteiger partial charge in [0.15, 0.2) is 0 Å². The molecule has 1 fully saturated rings. The van der Waals surface area contributed by atoms with Crippen molar-refractivity contribution in [1.29, 1.82) is 0 Å². The maximum Gasteiger partial charge on any atom is 0.408 e. The van der Waals surface area contributed by atoms with Crippen LogP contribution in [0.25, 0.3) is 0 Å². The third-order valence-electron chi connectivity index (χ3n) is 6.81. The minimum atomic E-state index is -0.952. The third kappa shape index (κ3) is 7.31. The Morgan fingerprint density at radius 2 is 1.66 bits per heavy atom. The number of anilines is 1. The van der Waals surface area contributed by atoms with Crippen molar-refractivity contribution in [2.45, 2.75) is 85.0 Å². The van der Waals surface area contributed by atoms with Gasteiger partial charge in [-0.2, -0.15) is 12.6 Å². The zero-order valence-corrected chi connectivity index (χ0v) is 24.4. The van der Waals surface area contributed by atoms with E-state index in [9.17, 15) is 14.4 Å². The second-order valence-corrected chi connectivity index (χ2v) is 11.5. The second kappa shape index (κ2) is 12.2. The molecule has 2 aromatic rings. The molecule has 1 saturated carbocycles. The number of nitrogens with zero attached hydrogens (tertiary/aromatic N) is 1. The van der Waals surface area contributed by atoms with Crippen LogP contribution >= 0.6 is 12.6 Å². The van der Waals surface area contributed by atoms with E-state index in [2.05, 4.69) is 37.1 Å². The molecule has 38 heavy (non-hydrogen) atoms. The zero-order valence-electron chi connectivity index (χ0n) is 23.5. The van der Waals surface area contributed by atoms with E-state index in [1.165, 1.54) is 0 Å². The van der Waals surface area contributed by atoms with Gasteiger partial charge in [0.25, 0.3) is 5.91 Å². The minimum Gasteiger partial charge on any atom is -0.444 e. The van der Waals surface area contributed by atoms with E-state index in [1.807, 2.05) is 56.3 Å². The summed E-state index contributed by atoms with van der Waals surface area (Å²) in [4.78, 5) is 42.3. The Hall–Kier alpha value is -3.00. The maximum atomic E-state index is 14.1. The fourth-order valence-electron chi connectivity index (χ4n) is 4.56. The number of para-hydroxylation sites is 1. The molecule has 3 rings (SSSR count). The number of benzene rings is 2. The number of ether oxygens (including phenoxy) is 1. The van der Waals surface area contributed by atoms with E-state index < -0.39 is 23.8 Å². The Balaban J connectivity index is 2.02. The largest absolute Gasteiger partial charge is 0.444 e. The van der Waals surface area contributed by atoms with Crippen molar-refractivity contribution in [2.75, 3.05) is 11.1 Å². The number of thiol groups is 1. The molecule has 0 aliphatic heterocycles. The number of amides is 3. The van der Waals surface area contributed by atoms with Gasteiger partial charge in [0.2, 0.25) is 5.91 Å². The van der Waals surface area contributed by atoms with Crippen LogP contribution in [0.15, 0.2) is 42.5 Å². The van der Waals surface area contributed by atoms with Crippen LogP contribution in [0.3, 0.4) is 0 Å². The smallest absolute Gasteiger partial charge is 0.408 e. The molecule has 2 N–H and O–H groups in total. The second-order valence-electron chi connectivity index (χ2n) is 11.2. The van der Waals surface area contributed by atoms with Crippen LogP contribution in [0.5, 0.6) is 0 Å². The first-order valence-electron chi connectivity index (χ1n) is 13.2. The highest BCUT2D eigenvalue weighted by Gasteiger charge is 2.48. The minimum absolute atomic E-state index is 0.0652. The van der Waals surface area contributed by atoms with E-state index in [0.29, 0.717) is 5.56 Å². The molecule has 7 nitrogen and oxygen atoms in total. The summed E-state index contributed by atoms with van der Waals surface area (Å²) in [6, 6.07) is 11.7. The fraction of sp³-hybridized carbons (Fsp3) is 0.500. The lowest BCUT2D eigenvalue weighted by Crippen LogP contribution is -2.54. The van der Waals surface area contributed by atoms with Gasteiger partial charge < -0.3 is 20.3 Å². The van der Waals surface area contributed by atoms with Gasteiger partial charge in [-0.05, 0) is 75.6 Å². The zero-order chi connectivity index (χ0) is 28.2. The topological polar surface area (TPSA) is 87.7 Å². The van der Waals surface area contributed by atoms with Crippen LogP contribution in [-0.2, 0) is 20.7 Å². The summed E-state index contributed by atoms with van der Waals surface area (Å²) in [6.45, 7) is 13.3. The number of carbonyl (C=O) groups is 3. The molecule has 0 saturated heterocycles. The maximum absolute atomic E-state index is 14.1. The van der Waals surface area contributed by atoms with Crippen LogP contribution in [0, 0.1) is 19.8 Å². The molecule has 4 atom stereocenters. The van der Waals surface area contributed by atoms with Crippen LogP contribution in [0.2, 0.25) is 0 Å². The van der Waals surface area contributed by atoms with E-state index in [1.54, 1.807) is 25.7 Å². The fourth-order valence-corrected chi connectivity index (χ4v) is 4.81. The SMILES string of the molecule is CCc1ccc(C(C(=O)Nc2c(C)cccc2C)N(C(=O)C(CS)NC(=O)OC(C)(C)C)C2CC2C)cc1. The number of hydrogen-bond donors (Lipinski definition) is 3. The van der Waals surface area contributed by atoms with Crippen LogP contribution in [0.1, 0.15) is 69.3 Å². The Morgan fingerprint density at radius 1 is 1.08 bits per heavy atom. The van der Waals surface area contributed by atoms with Gasteiger partial charge in [0, 0.05) is 17.5 Å². The van der Waals surface area contributed by atoms with Gasteiger partial charge in [-0.15, -0.1) is 0 Å². The number of alkyl carbamates (subject to hydrolysis) is 1. The van der Waals surface area contributed by atoms with Gasteiger partial charge in [-0.1, -0.05) is 56.3 Å². The van der Waals surface area contributed by atoms with Crippen molar-refractivity contribution < 1.29 is 19.1 Å². The van der Waals surface area contributed by atoms with E-state index >= 15 is 0 Å². The molecular formula is C30H41N3O4S. The van der Waals surface area contributed by atoms with E-state index in [0.717, 1.165) is 35.2 Å². The number of hydrogen-bond acceptors (Lipinski definition) is 5. The van der Waals surface area contributed by atoms with Gasteiger partial charge in [-0.25, -0.2) is 4.79 Å². The van der Waals surface area contributed by atoms with Crippen molar-refractivity contribution in [3.05, 3.63) is 64.7 Å². The van der Waals surface area contributed by atoms with Crippen molar-refractivity contribution in [2.24, 2.45) is 5.92 Å². The number of nitrogens with one attached hydrogen (secondary N) is 2. The molecule has 3 amide bonds. The first-order chi connectivity index (χ1) is 17.9. The first-order valence-corrected chi connectivity index (χ1v) is 13.9. The van der Waals surface area contributed by atoms with Crippen molar-refractivity contribution in [3.8, 4) is 0 Å². The Morgan fingerprint density at radius 3 is 2.13 bits per heavy atom. The van der Waals surface area contributed by atoms with Gasteiger partial charge >= 0.3 is 6.09 Å².